The molecule has 0 amide bonds. The van der Waals surface area contributed by atoms with Gasteiger partial charge in [-0.1, -0.05) is 11.6 Å². The maximum absolute atomic E-state index is 10.9. The van der Waals surface area contributed by atoms with E-state index < -0.39 is 10.9 Å². The number of carboxylic acids is 1. The molecule has 2 rings (SSSR count). The Morgan fingerprint density at radius 1 is 1.26 bits per heavy atom. The zero-order valence-corrected chi connectivity index (χ0v) is 12.7. The first-order valence-corrected chi connectivity index (χ1v) is 6.92. The van der Waals surface area contributed by atoms with Crippen LogP contribution in [0.2, 0.25) is 5.02 Å². The van der Waals surface area contributed by atoms with Gasteiger partial charge in [0.2, 0.25) is 5.75 Å². The van der Waals surface area contributed by atoms with Gasteiger partial charge >= 0.3 is 11.7 Å². The number of ether oxygens (including phenoxy) is 2. The molecule has 0 heterocycles. The zero-order chi connectivity index (χ0) is 17.0. The molecule has 120 valence electrons. The molecule has 0 aliphatic rings. The molecule has 2 aromatic rings. The van der Waals surface area contributed by atoms with E-state index in [1.165, 1.54) is 36.4 Å². The van der Waals surface area contributed by atoms with Gasteiger partial charge in [-0.3, -0.25) is 10.1 Å². The molecule has 7 nitrogen and oxygen atoms in total. The van der Waals surface area contributed by atoms with E-state index in [1.54, 1.807) is 6.92 Å². The first-order valence-electron chi connectivity index (χ1n) is 6.54. The molecule has 0 unspecified atom stereocenters. The highest BCUT2D eigenvalue weighted by Gasteiger charge is 2.17. The van der Waals surface area contributed by atoms with Gasteiger partial charge in [-0.2, -0.15) is 0 Å². The van der Waals surface area contributed by atoms with Crippen molar-refractivity contribution in [3.63, 3.8) is 0 Å². The highest BCUT2D eigenvalue weighted by molar-refractivity contribution is 6.32. The molecule has 0 saturated heterocycles. The molecule has 8 heteroatoms. The Labute approximate surface area is 136 Å². The van der Waals surface area contributed by atoms with Crippen molar-refractivity contribution in [2.75, 3.05) is 6.61 Å². The Morgan fingerprint density at radius 3 is 2.57 bits per heavy atom. The first kappa shape index (κ1) is 16.6. The summed E-state index contributed by atoms with van der Waals surface area (Å²) in [6.07, 6.45) is 0. The summed E-state index contributed by atoms with van der Waals surface area (Å²) in [5.41, 5.74) is -0.146. The molecule has 0 saturated carbocycles. The molecule has 23 heavy (non-hydrogen) atoms. The summed E-state index contributed by atoms with van der Waals surface area (Å²) in [6.45, 7) is 1.97. The maximum Gasteiger partial charge on any atom is 0.335 e. The average Bonchev–Trinajstić information content (AvgIpc) is 2.49. The van der Waals surface area contributed by atoms with Crippen molar-refractivity contribution in [3.05, 3.63) is 57.1 Å². The monoisotopic (exact) mass is 337 g/mol. The smallest absolute Gasteiger partial charge is 0.335 e. The normalized spacial score (nSPS) is 10.2. The van der Waals surface area contributed by atoms with Gasteiger partial charge in [0.1, 0.15) is 11.5 Å². The van der Waals surface area contributed by atoms with E-state index in [0.29, 0.717) is 0 Å². The molecular formula is C15H12ClNO6. The van der Waals surface area contributed by atoms with Gasteiger partial charge in [0.15, 0.2) is 0 Å². The second-order valence-corrected chi connectivity index (χ2v) is 4.78. The zero-order valence-electron chi connectivity index (χ0n) is 12.0. The van der Waals surface area contributed by atoms with Crippen LogP contribution in [0, 0.1) is 10.1 Å². The highest BCUT2D eigenvalue weighted by atomic mass is 35.5. The Bertz CT molecular complexity index is 762. The Kier molecular flexibility index (Phi) is 5.02. The Hall–Kier alpha value is -2.80. The van der Waals surface area contributed by atoms with Crippen molar-refractivity contribution in [3.8, 4) is 17.2 Å². The average molecular weight is 338 g/mol. The summed E-state index contributed by atoms with van der Waals surface area (Å²) in [5.74, 6) is -0.516. The van der Waals surface area contributed by atoms with E-state index >= 15 is 0 Å². The standard InChI is InChI=1S/C15H12ClNO6/c1-2-22-14-8-10(4-5-12(14)17(20)21)23-13-6-3-9(15(18)19)7-11(13)16/h3-8H,2H2,1H3,(H,18,19). The molecule has 0 aliphatic carbocycles. The molecule has 0 spiro atoms. The van der Waals surface area contributed by atoms with E-state index in [9.17, 15) is 14.9 Å². The van der Waals surface area contributed by atoms with E-state index in [1.807, 2.05) is 0 Å². The summed E-state index contributed by atoms with van der Waals surface area (Å²) in [4.78, 5) is 21.2. The third-order valence-electron chi connectivity index (χ3n) is 2.83. The van der Waals surface area contributed by atoms with Crippen LogP contribution >= 0.6 is 11.6 Å². The lowest BCUT2D eigenvalue weighted by atomic mass is 10.2. The van der Waals surface area contributed by atoms with Crippen LogP contribution in [0.5, 0.6) is 17.2 Å². The van der Waals surface area contributed by atoms with Gasteiger partial charge in [-0.15, -0.1) is 0 Å². The van der Waals surface area contributed by atoms with E-state index in [4.69, 9.17) is 26.2 Å². The topological polar surface area (TPSA) is 98.9 Å². The predicted octanol–water partition coefficient (Wildman–Crippen LogP) is 4.14. The minimum atomic E-state index is -1.10. The van der Waals surface area contributed by atoms with Crippen LogP contribution in [0.1, 0.15) is 17.3 Å². The Balaban J connectivity index is 2.31. The van der Waals surface area contributed by atoms with Gasteiger partial charge in [0.05, 0.1) is 22.1 Å². The number of hydrogen-bond donors (Lipinski definition) is 1. The predicted molar refractivity (Wildman–Crippen MR) is 82.8 cm³/mol. The lowest BCUT2D eigenvalue weighted by Crippen LogP contribution is -1.98. The fraction of sp³-hybridized carbons (Fsp3) is 0.133. The number of nitrogens with zero attached hydrogens (tertiary/aromatic N) is 1. The van der Waals surface area contributed by atoms with Crippen molar-refractivity contribution in [1.82, 2.24) is 0 Å². The second-order valence-electron chi connectivity index (χ2n) is 4.37. The van der Waals surface area contributed by atoms with Crippen LogP contribution in [-0.4, -0.2) is 22.6 Å². The van der Waals surface area contributed by atoms with Crippen molar-refractivity contribution >= 4 is 23.3 Å². The van der Waals surface area contributed by atoms with E-state index in [2.05, 4.69) is 0 Å². The molecule has 0 atom stereocenters. The van der Waals surface area contributed by atoms with Crippen molar-refractivity contribution in [2.24, 2.45) is 0 Å². The Morgan fingerprint density at radius 2 is 2.00 bits per heavy atom. The van der Waals surface area contributed by atoms with Gasteiger partial charge < -0.3 is 14.6 Å². The summed E-state index contributed by atoms with van der Waals surface area (Å²) in [6, 6.07) is 8.06. The van der Waals surface area contributed by atoms with Crippen LogP contribution in [0.25, 0.3) is 0 Å². The SMILES string of the molecule is CCOc1cc(Oc2ccc(C(=O)O)cc2Cl)ccc1[N+](=O)[O-]. The van der Waals surface area contributed by atoms with Gasteiger partial charge in [-0.25, -0.2) is 4.79 Å². The number of nitro groups is 1. The summed E-state index contributed by atoms with van der Waals surface area (Å²) in [7, 11) is 0. The molecule has 1 N–H and O–H groups in total. The molecule has 0 fully saturated rings. The number of carbonyl (C=O) groups is 1. The lowest BCUT2D eigenvalue weighted by Gasteiger charge is -2.10. The number of carboxylic acid groups (broad SMARTS) is 1. The van der Waals surface area contributed by atoms with Crippen LogP contribution < -0.4 is 9.47 Å². The van der Waals surface area contributed by atoms with Crippen LogP contribution in [0.4, 0.5) is 5.69 Å². The minimum absolute atomic E-state index is 0.0288. The van der Waals surface area contributed by atoms with Gasteiger partial charge in [0, 0.05) is 12.1 Å². The summed E-state index contributed by atoms with van der Waals surface area (Å²) in [5, 5.41) is 19.9. The summed E-state index contributed by atoms with van der Waals surface area (Å²) >= 11 is 5.98. The van der Waals surface area contributed by atoms with Crippen LogP contribution in [0.3, 0.4) is 0 Å². The first-order chi connectivity index (χ1) is 10.9. The number of nitro benzene ring substituents is 1. The summed E-state index contributed by atoms with van der Waals surface area (Å²) < 4.78 is 10.8. The van der Waals surface area contributed by atoms with Crippen LogP contribution in [-0.2, 0) is 0 Å². The number of rotatable bonds is 6. The molecular weight excluding hydrogens is 326 g/mol. The largest absolute Gasteiger partial charge is 0.487 e. The van der Waals surface area contributed by atoms with E-state index in [-0.39, 0.29) is 40.1 Å². The van der Waals surface area contributed by atoms with Gasteiger partial charge in [-0.05, 0) is 31.2 Å². The third-order valence-corrected chi connectivity index (χ3v) is 3.13. The quantitative estimate of drug-likeness (QED) is 0.628. The molecule has 0 aromatic heterocycles. The molecule has 0 bridgehead atoms. The fourth-order valence-corrected chi connectivity index (χ4v) is 2.04. The van der Waals surface area contributed by atoms with Crippen molar-refractivity contribution in [1.29, 1.82) is 0 Å². The number of hydrogen-bond acceptors (Lipinski definition) is 5. The molecule has 2 aromatic carbocycles. The van der Waals surface area contributed by atoms with Crippen LogP contribution in [0.15, 0.2) is 36.4 Å². The fourth-order valence-electron chi connectivity index (χ4n) is 1.82. The minimum Gasteiger partial charge on any atom is -0.487 e. The van der Waals surface area contributed by atoms with Crippen molar-refractivity contribution in [2.45, 2.75) is 6.92 Å². The maximum atomic E-state index is 10.9. The van der Waals surface area contributed by atoms with Crippen molar-refractivity contribution < 1.29 is 24.3 Å². The highest BCUT2D eigenvalue weighted by Crippen LogP contribution is 2.35. The number of benzene rings is 2. The number of aromatic carboxylic acids is 1. The van der Waals surface area contributed by atoms with E-state index in [0.717, 1.165) is 0 Å². The lowest BCUT2D eigenvalue weighted by molar-refractivity contribution is -0.385. The second kappa shape index (κ2) is 6.97. The molecule has 0 aliphatic heterocycles. The van der Waals surface area contributed by atoms with Gasteiger partial charge in [0.25, 0.3) is 0 Å². The third kappa shape index (κ3) is 3.89. The number of halogens is 1. The molecule has 0 radical (unpaired) electrons.